The Hall–Kier alpha value is -0.128. The Kier molecular flexibility index (Phi) is 16.4. The number of nitrogens with one attached hydrogen (secondary N) is 1. The van der Waals surface area contributed by atoms with Gasteiger partial charge in [-0.2, -0.15) is 0 Å². The molecule has 254 valence electrons. The molecule has 2 aromatic rings. The van der Waals surface area contributed by atoms with Crippen molar-refractivity contribution in [2.75, 3.05) is 5.32 Å². The number of hydrogen-bond donors (Lipinski definition) is 1. The number of para-hydroxylation sites is 1. The van der Waals surface area contributed by atoms with Crippen molar-refractivity contribution in [3.63, 3.8) is 0 Å². The van der Waals surface area contributed by atoms with Gasteiger partial charge < -0.3 is 14.4 Å². The van der Waals surface area contributed by atoms with Crippen LogP contribution in [0.1, 0.15) is 134 Å². The third-order valence-electron chi connectivity index (χ3n) is 10.3. The summed E-state index contributed by atoms with van der Waals surface area (Å²) in [5.74, 6) is 2.95. The van der Waals surface area contributed by atoms with Crippen LogP contribution in [0.3, 0.4) is 0 Å². The molecule has 4 nitrogen and oxygen atoms in total. The van der Waals surface area contributed by atoms with E-state index in [0.29, 0.717) is 6.54 Å². The van der Waals surface area contributed by atoms with Crippen molar-refractivity contribution in [2.45, 2.75) is 158 Å². The number of rotatable bonds is 11. The predicted molar refractivity (Wildman–Crippen MR) is 192 cm³/mol. The molecule has 0 radical (unpaired) electrons. The van der Waals surface area contributed by atoms with E-state index in [0.717, 1.165) is 40.0 Å². The number of anilines is 1. The summed E-state index contributed by atoms with van der Waals surface area (Å²) in [6.07, 6.45) is 29.4. The van der Waals surface area contributed by atoms with Gasteiger partial charge in [-0.05, 0) is 69.6 Å². The van der Waals surface area contributed by atoms with Gasteiger partial charge in [0.15, 0.2) is 11.6 Å². The van der Waals surface area contributed by atoms with Gasteiger partial charge in [0.25, 0.3) is 0 Å². The van der Waals surface area contributed by atoms with Gasteiger partial charge in [-0.15, -0.1) is 0 Å². The van der Waals surface area contributed by atoms with Crippen LogP contribution in [-0.4, -0.2) is 27.6 Å². The molecule has 0 saturated heterocycles. The number of benzene rings is 1. The molecule has 45 heavy (non-hydrogen) atoms. The third-order valence-corrected chi connectivity index (χ3v) is 16.1. The van der Waals surface area contributed by atoms with E-state index in [1.165, 1.54) is 134 Å². The maximum absolute atomic E-state index is 7.14. The molecule has 9 heteroatoms. The first-order chi connectivity index (χ1) is 22.3. The van der Waals surface area contributed by atoms with Crippen LogP contribution < -0.4 is 14.4 Å². The number of pyridine rings is 1. The molecule has 0 unspecified atom stereocenters. The number of aromatic nitrogens is 1. The minimum Gasteiger partial charge on any atom is -0.473 e. The molecule has 0 atom stereocenters. The van der Waals surface area contributed by atoms with Crippen molar-refractivity contribution in [3.8, 4) is 11.5 Å². The van der Waals surface area contributed by atoms with E-state index < -0.39 is 16.3 Å². The van der Waals surface area contributed by atoms with Gasteiger partial charge in [0.05, 0.1) is 16.3 Å². The van der Waals surface area contributed by atoms with E-state index in [-0.39, 0.29) is 15.9 Å². The summed E-state index contributed by atoms with van der Waals surface area (Å²) in [6, 6.07) is 13.0. The molecule has 4 aliphatic rings. The SMILES string of the molecule is [Cl][Pd][Cl].c1ccc(OP(C2CCCCC2)C2CCCCC2)c(CNc2ncccc2OP(C2CCCCC2)C2CCCCC2)c1. The van der Waals surface area contributed by atoms with Crippen molar-refractivity contribution < 1.29 is 25.0 Å². The van der Waals surface area contributed by atoms with E-state index in [1.807, 2.05) is 12.3 Å². The summed E-state index contributed by atoms with van der Waals surface area (Å²) < 4.78 is 14.2. The standard InChI is InChI=1S/C36H54N2O2P2.2ClH.Pd/c1-5-17-30(18-6-1)41(31-19-7-2-8-20-31)39-34-25-14-13-16-29(34)28-38-36-35(26-15-27-37-36)40-42(32-21-9-3-10-22-32)33-23-11-4-12-24-33;;;/h13-16,25-27,30-33H,1-12,17-24,28H2,(H,37,38);2*1H;/q;;;+2/p-2. The molecule has 4 fully saturated rings. The van der Waals surface area contributed by atoms with Crippen LogP contribution in [0.4, 0.5) is 5.82 Å². The number of hydrogen-bond acceptors (Lipinski definition) is 4. The summed E-state index contributed by atoms with van der Waals surface area (Å²) >= 11 is -0.106. The van der Waals surface area contributed by atoms with Crippen molar-refractivity contribution >= 4 is 41.2 Å². The fourth-order valence-corrected chi connectivity index (χ4v) is 14.0. The van der Waals surface area contributed by atoms with E-state index in [9.17, 15) is 0 Å². The Labute approximate surface area is 292 Å². The first-order valence-electron chi connectivity index (χ1n) is 17.8. The fraction of sp³-hybridized carbons (Fsp3) is 0.694. The molecule has 0 amide bonds. The average Bonchev–Trinajstić information content (AvgIpc) is 3.11. The molecular formula is C36H54Cl2N2O2P2Pd. The first kappa shape index (κ1) is 36.2. The van der Waals surface area contributed by atoms with Gasteiger partial charge in [-0.3, -0.25) is 0 Å². The minimum absolute atomic E-state index is 0.106. The van der Waals surface area contributed by atoms with Crippen molar-refractivity contribution in [3.05, 3.63) is 48.2 Å². The maximum Gasteiger partial charge on any atom is 0.169 e. The summed E-state index contributed by atoms with van der Waals surface area (Å²) in [5.41, 5.74) is 4.28. The van der Waals surface area contributed by atoms with E-state index in [2.05, 4.69) is 35.6 Å². The first-order valence-corrected chi connectivity index (χ1v) is 24.6. The molecule has 1 aromatic carbocycles. The Morgan fingerprint density at radius 3 is 1.47 bits per heavy atom. The van der Waals surface area contributed by atoms with E-state index in [4.69, 9.17) is 33.1 Å². The summed E-state index contributed by atoms with van der Waals surface area (Å²) in [5, 5.41) is 3.71. The number of halogens is 2. The summed E-state index contributed by atoms with van der Waals surface area (Å²) in [7, 11) is 8.68. The van der Waals surface area contributed by atoms with Gasteiger partial charge >= 0.3 is 35.0 Å². The predicted octanol–water partition coefficient (Wildman–Crippen LogP) is 13.0. The molecule has 1 heterocycles. The summed E-state index contributed by atoms with van der Waals surface area (Å²) in [6.45, 7) is 0.715. The van der Waals surface area contributed by atoms with Crippen molar-refractivity contribution in [2.24, 2.45) is 0 Å². The van der Waals surface area contributed by atoms with Crippen LogP contribution in [0.2, 0.25) is 0 Å². The monoisotopic (exact) mass is 784 g/mol. The van der Waals surface area contributed by atoms with Crippen LogP contribution in [0.5, 0.6) is 11.5 Å². The molecule has 4 aliphatic carbocycles. The van der Waals surface area contributed by atoms with Crippen LogP contribution in [0.25, 0.3) is 0 Å². The molecule has 6 rings (SSSR count). The van der Waals surface area contributed by atoms with Gasteiger partial charge in [0.1, 0.15) is 5.75 Å². The maximum atomic E-state index is 7.14. The Balaban J connectivity index is 0.00000128. The Morgan fingerprint density at radius 2 is 1.00 bits per heavy atom. The smallest absolute Gasteiger partial charge is 0.169 e. The third kappa shape index (κ3) is 11.2. The minimum atomic E-state index is -0.490. The Bertz CT molecular complexity index is 988. The average molecular weight is 786 g/mol. The molecule has 1 aromatic heterocycles. The molecular weight excluding hydrogens is 732 g/mol. The quantitative estimate of drug-likeness (QED) is 0.182. The van der Waals surface area contributed by atoms with Crippen LogP contribution in [0.15, 0.2) is 42.6 Å². The second-order valence-corrected chi connectivity index (χ2v) is 20.5. The van der Waals surface area contributed by atoms with Crippen LogP contribution >= 0.6 is 35.4 Å². The molecule has 1 N–H and O–H groups in total. The second kappa shape index (κ2) is 20.4. The van der Waals surface area contributed by atoms with Crippen LogP contribution in [0, 0.1) is 0 Å². The molecule has 0 aliphatic heterocycles. The normalized spacial score (nSPS) is 21.0. The van der Waals surface area contributed by atoms with Gasteiger partial charge in [-0.25, -0.2) is 4.98 Å². The largest absolute Gasteiger partial charge is 0.473 e. The molecule has 4 saturated carbocycles. The zero-order valence-electron chi connectivity index (χ0n) is 26.9. The fourth-order valence-electron chi connectivity index (χ4n) is 7.98. The van der Waals surface area contributed by atoms with Gasteiger partial charge in [0, 0.05) is 40.9 Å². The van der Waals surface area contributed by atoms with Crippen molar-refractivity contribution in [1.29, 1.82) is 0 Å². The van der Waals surface area contributed by atoms with Crippen LogP contribution in [-0.2, 0) is 22.5 Å². The summed E-state index contributed by atoms with van der Waals surface area (Å²) in [4.78, 5) is 4.81. The zero-order chi connectivity index (χ0) is 31.1. The van der Waals surface area contributed by atoms with E-state index in [1.54, 1.807) is 0 Å². The van der Waals surface area contributed by atoms with Gasteiger partial charge in [0.2, 0.25) is 0 Å². The topological polar surface area (TPSA) is 43.4 Å². The molecule has 0 spiro atoms. The van der Waals surface area contributed by atoms with E-state index >= 15 is 0 Å². The zero-order valence-corrected chi connectivity index (χ0v) is 31.8. The van der Waals surface area contributed by atoms with Gasteiger partial charge in [-0.1, -0.05) is 95.2 Å². The second-order valence-electron chi connectivity index (χ2n) is 13.4. The van der Waals surface area contributed by atoms with Crippen molar-refractivity contribution in [1.82, 2.24) is 4.98 Å². The molecule has 0 bridgehead atoms. The number of nitrogens with zero attached hydrogens (tertiary/aromatic N) is 1. The Morgan fingerprint density at radius 1 is 0.600 bits per heavy atom.